The Hall–Kier alpha value is -1.44. The Bertz CT molecular complexity index is 525. The van der Waals surface area contributed by atoms with Gasteiger partial charge in [-0.05, 0) is 43.2 Å². The van der Waals surface area contributed by atoms with E-state index in [0.29, 0.717) is 0 Å². The first-order valence-corrected chi connectivity index (χ1v) is 7.38. The zero-order chi connectivity index (χ0) is 13.7. The van der Waals surface area contributed by atoms with Crippen LogP contribution in [-0.2, 0) is 4.79 Å². The van der Waals surface area contributed by atoms with Crippen LogP contribution in [-0.4, -0.2) is 28.6 Å². The molecule has 0 bridgehead atoms. The highest BCUT2D eigenvalue weighted by atomic mass is 32.2. The van der Waals surface area contributed by atoms with E-state index in [1.54, 1.807) is 11.8 Å². The summed E-state index contributed by atoms with van der Waals surface area (Å²) >= 11 is 1.71. The van der Waals surface area contributed by atoms with Gasteiger partial charge in [0.1, 0.15) is 6.61 Å². The molecule has 2 rings (SSSR count). The summed E-state index contributed by atoms with van der Waals surface area (Å²) in [5.41, 5.74) is 2.56. The summed E-state index contributed by atoms with van der Waals surface area (Å²) in [6, 6.07) is 5.73. The van der Waals surface area contributed by atoms with Gasteiger partial charge in [0.15, 0.2) is 0 Å². The van der Waals surface area contributed by atoms with Crippen LogP contribution in [0.25, 0.3) is 0 Å². The van der Waals surface area contributed by atoms with E-state index >= 15 is 0 Å². The van der Waals surface area contributed by atoms with E-state index in [1.807, 2.05) is 25.1 Å². The molecule has 1 aromatic rings. The lowest BCUT2D eigenvalue weighted by Gasteiger charge is -2.12. The van der Waals surface area contributed by atoms with Gasteiger partial charge < -0.3 is 10.4 Å². The van der Waals surface area contributed by atoms with Gasteiger partial charge in [-0.3, -0.25) is 4.79 Å². The van der Waals surface area contributed by atoms with Gasteiger partial charge in [-0.1, -0.05) is 17.9 Å². The number of benzene rings is 1. The van der Waals surface area contributed by atoms with Crippen LogP contribution in [0.3, 0.4) is 0 Å². The van der Waals surface area contributed by atoms with Gasteiger partial charge in [-0.2, -0.15) is 0 Å². The number of rotatable bonds is 2. The first-order chi connectivity index (χ1) is 9.20. The van der Waals surface area contributed by atoms with Gasteiger partial charge in [0.25, 0.3) is 0 Å². The van der Waals surface area contributed by atoms with Crippen LogP contribution in [0.5, 0.6) is 0 Å². The Labute approximate surface area is 117 Å². The fraction of sp³-hybridized carbons (Fsp3) is 0.400. The molecule has 0 aliphatic carbocycles. The molecule has 1 aliphatic heterocycles. The molecule has 0 saturated carbocycles. The standard InChI is InChI=1S/C15H17NO2S/c1-11-6-7-13(12(10-11)4-2-8-17)16-15(18)14-5-3-9-19-14/h6-7,10,14,17H,3,5,8-9H2,1H3,(H,16,18). The molecular formula is C15H17NO2S. The molecule has 0 aromatic heterocycles. The Morgan fingerprint density at radius 3 is 3.11 bits per heavy atom. The molecule has 1 fully saturated rings. The summed E-state index contributed by atoms with van der Waals surface area (Å²) in [6.45, 7) is 1.79. The molecule has 0 radical (unpaired) electrons. The second-order valence-corrected chi connectivity index (χ2v) is 5.81. The van der Waals surface area contributed by atoms with Gasteiger partial charge in [0.05, 0.1) is 10.9 Å². The van der Waals surface area contributed by atoms with E-state index in [2.05, 4.69) is 17.2 Å². The van der Waals surface area contributed by atoms with E-state index in [9.17, 15) is 4.79 Å². The molecule has 1 aliphatic rings. The predicted octanol–water partition coefficient (Wildman–Crippen LogP) is 2.17. The van der Waals surface area contributed by atoms with Gasteiger partial charge >= 0.3 is 0 Å². The number of anilines is 1. The molecule has 19 heavy (non-hydrogen) atoms. The zero-order valence-electron chi connectivity index (χ0n) is 10.9. The number of aryl methyl sites for hydroxylation is 1. The van der Waals surface area contributed by atoms with E-state index in [4.69, 9.17) is 5.11 Å². The molecule has 1 heterocycles. The highest BCUT2D eigenvalue weighted by Crippen LogP contribution is 2.27. The Morgan fingerprint density at radius 2 is 2.42 bits per heavy atom. The number of carbonyl (C=O) groups excluding carboxylic acids is 1. The van der Waals surface area contributed by atoms with Gasteiger partial charge in [-0.15, -0.1) is 11.8 Å². The van der Waals surface area contributed by atoms with E-state index in [-0.39, 0.29) is 17.8 Å². The number of nitrogens with one attached hydrogen (secondary N) is 1. The van der Waals surface area contributed by atoms with Crippen molar-refractivity contribution in [2.75, 3.05) is 17.7 Å². The van der Waals surface area contributed by atoms with Crippen molar-refractivity contribution in [1.29, 1.82) is 0 Å². The van der Waals surface area contributed by atoms with Crippen molar-refractivity contribution in [3.8, 4) is 11.8 Å². The first kappa shape index (κ1) is 14.0. The lowest BCUT2D eigenvalue weighted by molar-refractivity contribution is -0.115. The third-order valence-corrected chi connectivity index (χ3v) is 4.33. The van der Waals surface area contributed by atoms with Crippen molar-refractivity contribution in [3.05, 3.63) is 29.3 Å². The van der Waals surface area contributed by atoms with Crippen LogP contribution >= 0.6 is 11.8 Å². The molecule has 100 valence electrons. The van der Waals surface area contributed by atoms with Crippen molar-refractivity contribution in [1.82, 2.24) is 0 Å². The highest BCUT2D eigenvalue weighted by molar-refractivity contribution is 8.00. The SMILES string of the molecule is Cc1ccc(NC(=O)C2CCCS2)c(C#CCO)c1. The molecule has 2 N–H and O–H groups in total. The molecular weight excluding hydrogens is 258 g/mol. The zero-order valence-corrected chi connectivity index (χ0v) is 11.7. The van der Waals surface area contributed by atoms with Gasteiger partial charge in [0, 0.05) is 5.56 Å². The summed E-state index contributed by atoms with van der Waals surface area (Å²) in [7, 11) is 0. The monoisotopic (exact) mass is 275 g/mol. The largest absolute Gasteiger partial charge is 0.384 e. The van der Waals surface area contributed by atoms with Gasteiger partial charge in [-0.25, -0.2) is 0 Å². The second-order valence-electron chi connectivity index (χ2n) is 4.50. The summed E-state index contributed by atoms with van der Waals surface area (Å²) in [5, 5.41) is 11.8. The third kappa shape index (κ3) is 3.76. The van der Waals surface area contributed by atoms with Crippen molar-refractivity contribution >= 4 is 23.4 Å². The quantitative estimate of drug-likeness (QED) is 0.813. The maximum Gasteiger partial charge on any atom is 0.237 e. The molecule has 1 amide bonds. The molecule has 1 aromatic carbocycles. The van der Waals surface area contributed by atoms with Crippen LogP contribution in [0.4, 0.5) is 5.69 Å². The number of hydrogen-bond acceptors (Lipinski definition) is 3. The number of hydrogen-bond donors (Lipinski definition) is 2. The van der Waals surface area contributed by atoms with Crippen LogP contribution in [0.2, 0.25) is 0 Å². The summed E-state index contributed by atoms with van der Waals surface area (Å²) in [6.07, 6.45) is 2.05. The normalized spacial score (nSPS) is 17.7. The Balaban J connectivity index is 2.16. The fourth-order valence-electron chi connectivity index (χ4n) is 2.00. The molecule has 1 atom stereocenters. The van der Waals surface area contributed by atoms with E-state index < -0.39 is 0 Å². The number of carbonyl (C=O) groups is 1. The first-order valence-electron chi connectivity index (χ1n) is 6.33. The molecule has 1 unspecified atom stereocenters. The van der Waals surface area contributed by atoms with Crippen LogP contribution in [0.15, 0.2) is 18.2 Å². The number of aliphatic hydroxyl groups is 1. The van der Waals surface area contributed by atoms with E-state index in [1.165, 1.54) is 0 Å². The molecule has 4 heteroatoms. The minimum atomic E-state index is -0.181. The minimum absolute atomic E-state index is 0.0541. The fourth-order valence-corrected chi connectivity index (χ4v) is 3.16. The topological polar surface area (TPSA) is 49.3 Å². The minimum Gasteiger partial charge on any atom is -0.384 e. The molecule has 3 nitrogen and oxygen atoms in total. The smallest absolute Gasteiger partial charge is 0.237 e. The molecule has 1 saturated heterocycles. The van der Waals surface area contributed by atoms with Crippen LogP contribution in [0, 0.1) is 18.8 Å². The van der Waals surface area contributed by atoms with Crippen molar-refractivity contribution in [2.45, 2.75) is 25.0 Å². The third-order valence-electron chi connectivity index (χ3n) is 2.96. The lowest BCUT2D eigenvalue weighted by Crippen LogP contribution is -2.23. The van der Waals surface area contributed by atoms with Crippen LogP contribution in [0.1, 0.15) is 24.0 Å². The van der Waals surface area contributed by atoms with Crippen molar-refractivity contribution < 1.29 is 9.90 Å². The number of amides is 1. The van der Waals surface area contributed by atoms with E-state index in [0.717, 1.165) is 35.4 Å². The summed E-state index contributed by atoms with van der Waals surface area (Å²) in [5.74, 6) is 6.61. The average Bonchev–Trinajstić information content (AvgIpc) is 2.93. The number of thioether (sulfide) groups is 1. The maximum atomic E-state index is 12.1. The van der Waals surface area contributed by atoms with Gasteiger partial charge in [0.2, 0.25) is 5.91 Å². The number of aliphatic hydroxyl groups excluding tert-OH is 1. The van der Waals surface area contributed by atoms with Crippen LogP contribution < -0.4 is 5.32 Å². The second kappa shape index (κ2) is 6.65. The molecule has 0 spiro atoms. The lowest BCUT2D eigenvalue weighted by atomic mass is 10.1. The summed E-state index contributed by atoms with van der Waals surface area (Å²) < 4.78 is 0. The average molecular weight is 275 g/mol. The van der Waals surface area contributed by atoms with Crippen molar-refractivity contribution in [3.63, 3.8) is 0 Å². The maximum absolute atomic E-state index is 12.1. The Morgan fingerprint density at radius 1 is 1.58 bits per heavy atom. The van der Waals surface area contributed by atoms with Crippen molar-refractivity contribution in [2.24, 2.45) is 0 Å². The summed E-state index contributed by atoms with van der Waals surface area (Å²) in [4.78, 5) is 12.1. The Kier molecular flexibility index (Phi) is 4.89. The predicted molar refractivity (Wildman–Crippen MR) is 79.3 cm³/mol. The highest BCUT2D eigenvalue weighted by Gasteiger charge is 2.23.